The zero-order valence-corrected chi connectivity index (χ0v) is 18.2. The Bertz CT molecular complexity index is 1200. The third-order valence-electron chi connectivity index (χ3n) is 5.05. The zero-order chi connectivity index (χ0) is 22.4. The second kappa shape index (κ2) is 9.76. The maximum atomic E-state index is 13.3. The van der Waals surface area contributed by atoms with E-state index in [4.69, 9.17) is 4.74 Å². The van der Waals surface area contributed by atoms with Gasteiger partial charge in [0.05, 0.1) is 28.7 Å². The highest BCUT2D eigenvalue weighted by atomic mass is 32.2. The second-order valence-electron chi connectivity index (χ2n) is 7.20. The molecule has 4 rings (SSSR count). The highest BCUT2D eigenvalue weighted by Gasteiger charge is 2.24. The van der Waals surface area contributed by atoms with Gasteiger partial charge in [-0.1, -0.05) is 18.2 Å². The molecule has 1 aliphatic rings. The Hall–Kier alpha value is -3.49. The summed E-state index contributed by atoms with van der Waals surface area (Å²) in [6, 6.07) is 16.8. The number of amides is 1. The Morgan fingerprint density at radius 1 is 1.00 bits per heavy atom. The van der Waals surface area contributed by atoms with Crippen LogP contribution in [0.3, 0.4) is 0 Å². The molecule has 0 atom stereocenters. The number of pyridine rings is 1. The fraction of sp³-hybridized carbons (Fsp3) is 0.167. The second-order valence-corrected chi connectivity index (χ2v) is 9.12. The summed E-state index contributed by atoms with van der Waals surface area (Å²) in [5.74, 6) is -0.317. The number of carbonyl (C=O) groups is 1. The summed E-state index contributed by atoms with van der Waals surface area (Å²) >= 11 is 0. The third kappa shape index (κ3) is 5.04. The van der Waals surface area contributed by atoms with Gasteiger partial charge in [-0.25, -0.2) is 8.42 Å². The van der Waals surface area contributed by atoms with Crippen LogP contribution in [0.15, 0.2) is 88.9 Å². The molecule has 0 spiro atoms. The normalized spacial score (nSPS) is 14.4. The lowest BCUT2D eigenvalue weighted by Gasteiger charge is -2.30. The van der Waals surface area contributed by atoms with E-state index in [1.54, 1.807) is 48.8 Å². The first kappa shape index (κ1) is 21.7. The van der Waals surface area contributed by atoms with Crippen molar-refractivity contribution in [2.75, 3.05) is 36.5 Å². The molecule has 0 unspecified atom stereocenters. The lowest BCUT2D eigenvalue weighted by molar-refractivity contribution is -0.111. The molecule has 1 fully saturated rings. The number of hydrogen-bond acceptors (Lipinski definition) is 6. The van der Waals surface area contributed by atoms with Crippen molar-refractivity contribution < 1.29 is 17.9 Å². The van der Waals surface area contributed by atoms with Crippen LogP contribution in [0.25, 0.3) is 6.08 Å². The Kier molecular flexibility index (Phi) is 6.63. The van der Waals surface area contributed by atoms with Gasteiger partial charge in [0.15, 0.2) is 0 Å². The molecule has 2 aromatic carbocycles. The van der Waals surface area contributed by atoms with Crippen LogP contribution < -0.4 is 10.2 Å². The molecule has 0 bridgehead atoms. The number of morpholine rings is 1. The molecule has 1 aromatic heterocycles. The fourth-order valence-electron chi connectivity index (χ4n) is 3.42. The molecule has 8 heteroatoms. The predicted octanol–water partition coefficient (Wildman–Crippen LogP) is 3.40. The molecular formula is C24H23N3O4S. The minimum atomic E-state index is -3.73. The van der Waals surface area contributed by atoms with Crippen molar-refractivity contribution in [1.29, 1.82) is 0 Å². The summed E-state index contributed by atoms with van der Waals surface area (Å²) < 4.78 is 32.0. The van der Waals surface area contributed by atoms with E-state index in [1.807, 2.05) is 23.1 Å². The monoisotopic (exact) mass is 449 g/mol. The van der Waals surface area contributed by atoms with E-state index in [-0.39, 0.29) is 15.7 Å². The van der Waals surface area contributed by atoms with Gasteiger partial charge in [0.1, 0.15) is 0 Å². The van der Waals surface area contributed by atoms with Crippen molar-refractivity contribution in [1.82, 2.24) is 4.98 Å². The van der Waals surface area contributed by atoms with Crippen LogP contribution >= 0.6 is 0 Å². The first-order valence-electron chi connectivity index (χ1n) is 10.2. The number of para-hydroxylation sites is 1. The molecule has 0 radical (unpaired) electrons. The molecule has 1 N–H and O–H groups in total. The lowest BCUT2D eigenvalue weighted by Crippen LogP contribution is -2.37. The topological polar surface area (TPSA) is 88.6 Å². The van der Waals surface area contributed by atoms with Crippen LogP contribution in [0.2, 0.25) is 0 Å². The minimum absolute atomic E-state index is 0.169. The van der Waals surface area contributed by atoms with E-state index in [1.165, 1.54) is 18.2 Å². The van der Waals surface area contributed by atoms with Crippen molar-refractivity contribution in [3.05, 3.63) is 84.7 Å². The van der Waals surface area contributed by atoms with Crippen molar-refractivity contribution in [2.24, 2.45) is 0 Å². The number of hydrogen-bond donors (Lipinski definition) is 1. The molecule has 7 nitrogen and oxygen atoms in total. The van der Waals surface area contributed by atoms with Crippen molar-refractivity contribution in [3.8, 4) is 0 Å². The molecule has 3 aromatic rings. The summed E-state index contributed by atoms with van der Waals surface area (Å²) in [6.07, 6.45) is 6.37. The van der Waals surface area contributed by atoms with Crippen LogP contribution in [0.5, 0.6) is 0 Å². The average molecular weight is 450 g/mol. The maximum Gasteiger partial charge on any atom is 0.248 e. The summed E-state index contributed by atoms with van der Waals surface area (Å²) in [5.41, 5.74) is 1.99. The van der Waals surface area contributed by atoms with E-state index in [9.17, 15) is 13.2 Å². The predicted molar refractivity (Wildman–Crippen MR) is 123 cm³/mol. The highest BCUT2D eigenvalue weighted by Crippen LogP contribution is 2.31. The molecule has 164 valence electrons. The molecule has 1 aliphatic heterocycles. The Morgan fingerprint density at radius 3 is 2.47 bits per heavy atom. The van der Waals surface area contributed by atoms with Crippen molar-refractivity contribution in [3.63, 3.8) is 0 Å². The smallest absolute Gasteiger partial charge is 0.248 e. The first-order valence-corrected chi connectivity index (χ1v) is 11.7. The maximum absolute atomic E-state index is 13.3. The number of rotatable bonds is 6. The SMILES string of the molecule is O=C(C=Cc1cccnc1)Nc1ccc(S(=O)(=O)c2ccccc2N2CCOCC2)cc1. The molecule has 2 heterocycles. The van der Waals surface area contributed by atoms with Gasteiger partial charge >= 0.3 is 0 Å². The molecule has 1 saturated heterocycles. The number of aromatic nitrogens is 1. The highest BCUT2D eigenvalue weighted by molar-refractivity contribution is 7.91. The van der Waals surface area contributed by atoms with Gasteiger partial charge in [-0.3, -0.25) is 9.78 Å². The first-order chi connectivity index (χ1) is 15.5. The number of benzene rings is 2. The molecule has 1 amide bonds. The molecule has 0 saturated carbocycles. The van der Waals surface area contributed by atoms with Gasteiger partial charge in [0.25, 0.3) is 0 Å². The van der Waals surface area contributed by atoms with E-state index in [2.05, 4.69) is 10.3 Å². The number of sulfone groups is 1. The fourth-order valence-corrected chi connectivity index (χ4v) is 4.90. The lowest BCUT2D eigenvalue weighted by atomic mass is 10.2. The van der Waals surface area contributed by atoms with Gasteiger partial charge in [-0.15, -0.1) is 0 Å². The van der Waals surface area contributed by atoms with Gasteiger partial charge in [0, 0.05) is 37.2 Å². The summed E-state index contributed by atoms with van der Waals surface area (Å²) in [4.78, 5) is 18.6. The summed E-state index contributed by atoms with van der Waals surface area (Å²) in [5, 5.41) is 2.73. The molecule has 32 heavy (non-hydrogen) atoms. The van der Waals surface area contributed by atoms with Gasteiger partial charge in [-0.2, -0.15) is 0 Å². The standard InChI is InChI=1S/C24H23N3O4S/c28-24(12-7-19-4-3-13-25-18-19)26-20-8-10-21(11-9-20)32(29,30)23-6-2-1-5-22(23)27-14-16-31-17-15-27/h1-13,18H,14-17H2,(H,26,28). The van der Waals surface area contributed by atoms with Gasteiger partial charge in [-0.05, 0) is 54.1 Å². The number of carbonyl (C=O) groups excluding carboxylic acids is 1. The van der Waals surface area contributed by atoms with Gasteiger partial charge in [0.2, 0.25) is 15.7 Å². The Morgan fingerprint density at radius 2 is 1.75 bits per heavy atom. The molecular weight excluding hydrogens is 426 g/mol. The third-order valence-corrected chi connectivity index (χ3v) is 6.87. The molecule has 0 aliphatic carbocycles. The minimum Gasteiger partial charge on any atom is -0.378 e. The Labute approximate surface area is 187 Å². The summed E-state index contributed by atoms with van der Waals surface area (Å²) in [7, 11) is -3.73. The van der Waals surface area contributed by atoms with Crippen LogP contribution in [-0.2, 0) is 19.4 Å². The Balaban J connectivity index is 1.50. The van der Waals surface area contributed by atoms with Crippen LogP contribution in [0.4, 0.5) is 11.4 Å². The van der Waals surface area contributed by atoms with Crippen LogP contribution in [-0.4, -0.2) is 45.6 Å². The van der Waals surface area contributed by atoms with Gasteiger partial charge < -0.3 is 15.0 Å². The zero-order valence-electron chi connectivity index (χ0n) is 17.3. The van der Waals surface area contributed by atoms with E-state index >= 15 is 0 Å². The van der Waals surface area contributed by atoms with Crippen LogP contribution in [0, 0.1) is 0 Å². The number of nitrogens with one attached hydrogen (secondary N) is 1. The number of ether oxygens (including phenoxy) is 1. The van der Waals surface area contributed by atoms with E-state index < -0.39 is 9.84 Å². The largest absolute Gasteiger partial charge is 0.378 e. The van der Waals surface area contributed by atoms with Crippen LogP contribution in [0.1, 0.15) is 5.56 Å². The van der Waals surface area contributed by atoms with E-state index in [0.717, 1.165) is 5.56 Å². The summed E-state index contributed by atoms with van der Waals surface area (Å²) in [6.45, 7) is 2.42. The van der Waals surface area contributed by atoms with E-state index in [0.29, 0.717) is 37.7 Å². The van der Waals surface area contributed by atoms with Crippen molar-refractivity contribution in [2.45, 2.75) is 9.79 Å². The quantitative estimate of drug-likeness (QED) is 0.581. The average Bonchev–Trinajstić information content (AvgIpc) is 2.84. The number of anilines is 2. The number of nitrogens with zero attached hydrogens (tertiary/aromatic N) is 2. The van der Waals surface area contributed by atoms with Crippen molar-refractivity contribution >= 4 is 33.2 Å².